The minimum absolute atomic E-state index is 0.0413. The maximum atomic E-state index is 11.9. The van der Waals surface area contributed by atoms with Crippen molar-refractivity contribution in [2.75, 3.05) is 6.54 Å². The smallest absolute Gasteiger partial charge is 0.308 e. The van der Waals surface area contributed by atoms with Crippen molar-refractivity contribution in [1.82, 2.24) is 5.32 Å². The third-order valence-corrected chi connectivity index (χ3v) is 4.26. The second-order valence-corrected chi connectivity index (χ2v) is 6.18. The molecule has 0 bridgehead atoms. The zero-order chi connectivity index (χ0) is 15.9. The molecule has 0 aliphatic carbocycles. The summed E-state index contributed by atoms with van der Waals surface area (Å²) in [6.07, 6.45) is 1.26. The van der Waals surface area contributed by atoms with Crippen molar-refractivity contribution in [3.8, 4) is 0 Å². The van der Waals surface area contributed by atoms with Crippen LogP contribution in [0.15, 0.2) is 46.7 Å². The lowest BCUT2D eigenvalue weighted by molar-refractivity contribution is -0.141. The van der Waals surface area contributed by atoms with Crippen molar-refractivity contribution in [1.29, 1.82) is 0 Å². The van der Waals surface area contributed by atoms with Crippen LogP contribution >= 0.6 is 0 Å². The molecule has 1 rings (SSSR count). The van der Waals surface area contributed by atoms with Gasteiger partial charge in [-0.3, -0.25) is 9.59 Å². The fourth-order valence-corrected chi connectivity index (χ4v) is 2.53. The normalized spacial score (nSPS) is 13.0. The summed E-state index contributed by atoms with van der Waals surface area (Å²) in [7, 11) is -3.67. The lowest BCUT2D eigenvalue weighted by Gasteiger charge is -2.09. The van der Waals surface area contributed by atoms with Crippen LogP contribution < -0.4 is 5.32 Å². The van der Waals surface area contributed by atoms with E-state index in [9.17, 15) is 18.0 Å². The molecule has 0 aromatic heterocycles. The molecule has 21 heavy (non-hydrogen) atoms. The van der Waals surface area contributed by atoms with E-state index < -0.39 is 27.6 Å². The maximum absolute atomic E-state index is 11.9. The van der Waals surface area contributed by atoms with E-state index in [4.69, 9.17) is 5.11 Å². The monoisotopic (exact) mass is 311 g/mol. The Morgan fingerprint density at radius 1 is 1.29 bits per heavy atom. The molecule has 1 amide bonds. The van der Waals surface area contributed by atoms with Gasteiger partial charge in [0.15, 0.2) is 9.84 Å². The predicted molar refractivity (Wildman–Crippen MR) is 77.2 cm³/mol. The molecule has 0 aliphatic rings. The third kappa shape index (κ3) is 5.39. The highest BCUT2D eigenvalue weighted by atomic mass is 32.2. The molecule has 0 radical (unpaired) electrons. The maximum Gasteiger partial charge on any atom is 0.308 e. The number of carboxylic acids is 1. The Morgan fingerprint density at radius 3 is 2.43 bits per heavy atom. The van der Waals surface area contributed by atoms with Crippen LogP contribution in [0.4, 0.5) is 0 Å². The SMILES string of the molecule is CCC(CNC(=O)C=CS(=O)(=O)c1ccccc1)C(=O)O. The molecule has 1 unspecified atom stereocenters. The minimum atomic E-state index is -3.67. The van der Waals surface area contributed by atoms with Gasteiger partial charge in [-0.2, -0.15) is 0 Å². The molecule has 6 nitrogen and oxygen atoms in total. The van der Waals surface area contributed by atoms with E-state index in [1.54, 1.807) is 25.1 Å². The Hall–Kier alpha value is -2.15. The molecule has 0 spiro atoms. The van der Waals surface area contributed by atoms with E-state index in [1.807, 2.05) is 0 Å². The van der Waals surface area contributed by atoms with Crippen molar-refractivity contribution < 1.29 is 23.1 Å². The second-order valence-electron chi connectivity index (χ2n) is 4.35. The largest absolute Gasteiger partial charge is 0.481 e. The summed E-state index contributed by atoms with van der Waals surface area (Å²) in [5.41, 5.74) is 0. The molecule has 0 fully saturated rings. The number of hydrogen-bond acceptors (Lipinski definition) is 4. The number of carbonyl (C=O) groups is 2. The van der Waals surface area contributed by atoms with E-state index in [2.05, 4.69) is 5.32 Å². The summed E-state index contributed by atoms with van der Waals surface area (Å²) in [6, 6.07) is 7.70. The third-order valence-electron chi connectivity index (χ3n) is 2.84. The van der Waals surface area contributed by atoms with Gasteiger partial charge in [-0.25, -0.2) is 8.42 Å². The Kier molecular flexibility index (Phi) is 6.10. The van der Waals surface area contributed by atoms with Gasteiger partial charge >= 0.3 is 5.97 Å². The highest BCUT2D eigenvalue weighted by Crippen LogP contribution is 2.10. The van der Waals surface area contributed by atoms with Crippen LogP contribution in [0.1, 0.15) is 13.3 Å². The number of amides is 1. The zero-order valence-corrected chi connectivity index (χ0v) is 12.3. The van der Waals surface area contributed by atoms with Crippen LogP contribution in [-0.2, 0) is 19.4 Å². The van der Waals surface area contributed by atoms with Crippen LogP contribution in [-0.4, -0.2) is 31.9 Å². The molecule has 1 aromatic rings. The number of carboxylic acid groups (broad SMARTS) is 1. The average molecular weight is 311 g/mol. The molecule has 1 atom stereocenters. The molecule has 0 aliphatic heterocycles. The van der Waals surface area contributed by atoms with Crippen molar-refractivity contribution in [2.24, 2.45) is 5.92 Å². The molecular formula is C14H17NO5S. The number of hydrogen-bond donors (Lipinski definition) is 2. The first-order valence-corrected chi connectivity index (χ1v) is 7.90. The van der Waals surface area contributed by atoms with Crippen LogP contribution in [0.25, 0.3) is 0 Å². The summed E-state index contributed by atoms with van der Waals surface area (Å²) >= 11 is 0. The number of carbonyl (C=O) groups excluding carboxylic acids is 1. The van der Waals surface area contributed by atoms with Gasteiger partial charge < -0.3 is 10.4 Å². The molecule has 7 heteroatoms. The quantitative estimate of drug-likeness (QED) is 0.737. The second kappa shape index (κ2) is 7.58. The molecule has 1 aromatic carbocycles. The molecule has 0 saturated carbocycles. The molecule has 2 N–H and O–H groups in total. The van der Waals surface area contributed by atoms with Crippen LogP contribution in [0.2, 0.25) is 0 Å². The number of sulfone groups is 1. The lowest BCUT2D eigenvalue weighted by Crippen LogP contribution is -2.31. The number of benzene rings is 1. The summed E-state index contributed by atoms with van der Waals surface area (Å²) < 4.78 is 23.8. The summed E-state index contributed by atoms with van der Waals surface area (Å²) in [6.45, 7) is 1.65. The Labute approximate surface area is 123 Å². The van der Waals surface area contributed by atoms with Gasteiger partial charge in [-0.1, -0.05) is 25.1 Å². The van der Waals surface area contributed by atoms with Crippen LogP contribution in [0, 0.1) is 5.92 Å². The number of nitrogens with one attached hydrogen (secondary N) is 1. The summed E-state index contributed by atoms with van der Waals surface area (Å²) in [5.74, 6) is -2.33. The van der Waals surface area contributed by atoms with Gasteiger partial charge in [0.2, 0.25) is 5.91 Å². The molecule has 114 valence electrons. The van der Waals surface area contributed by atoms with Gasteiger partial charge in [-0.15, -0.1) is 0 Å². The predicted octanol–water partition coefficient (Wildman–Crippen LogP) is 1.20. The van der Waals surface area contributed by atoms with E-state index in [1.165, 1.54) is 12.1 Å². The van der Waals surface area contributed by atoms with Gasteiger partial charge in [0.1, 0.15) is 0 Å². The van der Waals surface area contributed by atoms with E-state index in [0.717, 1.165) is 11.5 Å². The van der Waals surface area contributed by atoms with Crippen molar-refractivity contribution in [3.05, 3.63) is 41.8 Å². The first-order valence-electron chi connectivity index (χ1n) is 6.35. The molecule has 0 heterocycles. The summed E-state index contributed by atoms with van der Waals surface area (Å²) in [5, 5.41) is 12.0. The van der Waals surface area contributed by atoms with Gasteiger partial charge in [0.05, 0.1) is 10.8 Å². The van der Waals surface area contributed by atoms with E-state index >= 15 is 0 Å². The zero-order valence-electron chi connectivity index (χ0n) is 11.5. The Balaban J connectivity index is 2.64. The van der Waals surface area contributed by atoms with Gasteiger partial charge in [0.25, 0.3) is 0 Å². The van der Waals surface area contributed by atoms with E-state index in [0.29, 0.717) is 6.42 Å². The molecule has 0 saturated heterocycles. The van der Waals surface area contributed by atoms with E-state index in [-0.39, 0.29) is 11.4 Å². The highest BCUT2D eigenvalue weighted by molar-refractivity contribution is 7.94. The van der Waals surface area contributed by atoms with Crippen molar-refractivity contribution >= 4 is 21.7 Å². The first kappa shape index (κ1) is 16.9. The Morgan fingerprint density at radius 2 is 1.90 bits per heavy atom. The van der Waals surface area contributed by atoms with Crippen molar-refractivity contribution in [3.63, 3.8) is 0 Å². The standard InChI is InChI=1S/C14H17NO5S/c1-2-11(14(17)18)10-15-13(16)8-9-21(19,20)12-6-4-3-5-7-12/h3-9,11H,2,10H2,1H3,(H,15,16)(H,17,18). The fourth-order valence-electron chi connectivity index (χ4n) is 1.53. The number of rotatable bonds is 7. The lowest BCUT2D eigenvalue weighted by atomic mass is 10.1. The molecular weight excluding hydrogens is 294 g/mol. The van der Waals surface area contributed by atoms with Gasteiger partial charge in [0, 0.05) is 18.0 Å². The minimum Gasteiger partial charge on any atom is -0.481 e. The average Bonchev–Trinajstić information content (AvgIpc) is 2.46. The van der Waals surface area contributed by atoms with Gasteiger partial charge in [-0.05, 0) is 18.6 Å². The summed E-state index contributed by atoms with van der Waals surface area (Å²) in [4.78, 5) is 22.4. The number of aliphatic carboxylic acids is 1. The highest BCUT2D eigenvalue weighted by Gasteiger charge is 2.15. The van der Waals surface area contributed by atoms with Crippen LogP contribution in [0.5, 0.6) is 0 Å². The fraction of sp³-hybridized carbons (Fsp3) is 0.286. The van der Waals surface area contributed by atoms with Crippen molar-refractivity contribution in [2.45, 2.75) is 18.2 Å². The topological polar surface area (TPSA) is 101 Å². The first-order chi connectivity index (χ1) is 9.86. The Bertz CT molecular complexity index is 622. The van der Waals surface area contributed by atoms with Crippen LogP contribution in [0.3, 0.4) is 0 Å².